The first-order valence-electron chi connectivity index (χ1n) is 10.1. The lowest BCUT2D eigenvalue weighted by molar-refractivity contribution is 0.0647. The minimum atomic E-state index is -1.49. The highest BCUT2D eigenvalue weighted by Crippen LogP contribution is 2.22. The number of carbonyl (C=O) groups is 1. The number of aliphatic hydroxyl groups excluding tert-OH is 1. The monoisotopic (exact) mass is 440 g/mol. The summed E-state index contributed by atoms with van der Waals surface area (Å²) in [6.07, 6.45) is 1.90. The van der Waals surface area contributed by atoms with Crippen molar-refractivity contribution >= 4 is 17.4 Å². The molecule has 1 heterocycles. The van der Waals surface area contributed by atoms with Crippen molar-refractivity contribution in [3.8, 4) is 0 Å². The predicted octanol–water partition coefficient (Wildman–Crippen LogP) is 2.89. The van der Waals surface area contributed by atoms with E-state index in [2.05, 4.69) is 10.3 Å². The van der Waals surface area contributed by atoms with E-state index in [1.165, 1.54) is 16.9 Å². The highest BCUT2D eigenvalue weighted by atomic mass is 32.1. The molecule has 0 bridgehead atoms. The number of hydrogen-bond donors (Lipinski definition) is 4. The second kappa shape index (κ2) is 11.0. The van der Waals surface area contributed by atoms with Crippen LogP contribution in [0, 0.1) is 0 Å². The smallest absolute Gasteiger partial charge is 0.407 e. The maximum atomic E-state index is 12.5. The highest BCUT2D eigenvalue weighted by molar-refractivity contribution is 7.09. The molecular formula is C23H28N4O3S. The Labute approximate surface area is 186 Å². The van der Waals surface area contributed by atoms with Crippen LogP contribution >= 0.6 is 11.3 Å². The molecule has 0 aliphatic heterocycles. The van der Waals surface area contributed by atoms with Crippen LogP contribution < -0.4 is 16.8 Å². The molecule has 2 unspecified atom stereocenters. The third-order valence-electron chi connectivity index (χ3n) is 5.08. The summed E-state index contributed by atoms with van der Waals surface area (Å²) in [7, 11) is 0. The summed E-state index contributed by atoms with van der Waals surface area (Å²) in [5.74, 6) is 0. The van der Waals surface area contributed by atoms with Gasteiger partial charge in [0.2, 0.25) is 0 Å². The fourth-order valence-corrected chi connectivity index (χ4v) is 3.89. The number of nitrogens with one attached hydrogen (secondary N) is 1. The zero-order valence-electron chi connectivity index (χ0n) is 17.2. The number of carbonyl (C=O) groups excluding carboxylic acids is 1. The minimum Gasteiger partial charge on any atom is -0.444 e. The van der Waals surface area contributed by atoms with E-state index in [-0.39, 0.29) is 6.61 Å². The summed E-state index contributed by atoms with van der Waals surface area (Å²) >= 11 is 1.39. The zero-order valence-corrected chi connectivity index (χ0v) is 18.0. The van der Waals surface area contributed by atoms with Crippen LogP contribution in [0.4, 0.5) is 4.79 Å². The Morgan fingerprint density at radius 2 is 1.81 bits per heavy atom. The van der Waals surface area contributed by atoms with E-state index in [1.807, 2.05) is 48.5 Å². The number of ether oxygens (including phenoxy) is 1. The number of aryl methyl sites for hydroxylation is 1. The average molecular weight is 441 g/mol. The van der Waals surface area contributed by atoms with E-state index in [0.717, 1.165) is 11.3 Å². The SMILES string of the molecule is NC(N)(c1ccccc1)C(NC(=O)OCc1cncs1)C(O)CCCc1ccccc1. The van der Waals surface area contributed by atoms with Crippen LogP contribution in [0.5, 0.6) is 0 Å². The molecule has 0 aliphatic carbocycles. The van der Waals surface area contributed by atoms with Gasteiger partial charge in [-0.25, -0.2) is 4.79 Å². The van der Waals surface area contributed by atoms with Crippen molar-refractivity contribution in [3.05, 3.63) is 88.4 Å². The summed E-state index contributed by atoms with van der Waals surface area (Å²) in [6.45, 7) is 0.0841. The average Bonchev–Trinajstić information content (AvgIpc) is 3.31. The molecule has 0 fully saturated rings. The number of aliphatic hydroxyl groups is 1. The number of alkyl carbamates (subject to hydrolysis) is 1. The molecule has 31 heavy (non-hydrogen) atoms. The Hall–Kier alpha value is -2.78. The molecule has 1 aromatic heterocycles. The van der Waals surface area contributed by atoms with Gasteiger partial charge < -0.3 is 26.6 Å². The van der Waals surface area contributed by atoms with Crippen molar-refractivity contribution in [3.63, 3.8) is 0 Å². The summed E-state index contributed by atoms with van der Waals surface area (Å²) in [4.78, 5) is 17.2. The summed E-state index contributed by atoms with van der Waals surface area (Å²) in [5, 5.41) is 13.6. The van der Waals surface area contributed by atoms with Gasteiger partial charge in [-0.3, -0.25) is 4.98 Å². The van der Waals surface area contributed by atoms with Gasteiger partial charge >= 0.3 is 6.09 Å². The molecule has 7 nitrogen and oxygen atoms in total. The van der Waals surface area contributed by atoms with Gasteiger partial charge in [-0.2, -0.15) is 0 Å². The van der Waals surface area contributed by atoms with Crippen molar-refractivity contribution in [2.24, 2.45) is 11.5 Å². The summed E-state index contributed by atoms with van der Waals surface area (Å²) in [6, 6.07) is 18.1. The van der Waals surface area contributed by atoms with Crippen molar-refractivity contribution in [2.45, 2.75) is 43.7 Å². The van der Waals surface area contributed by atoms with Crippen LogP contribution in [0.3, 0.4) is 0 Å². The predicted molar refractivity (Wildman–Crippen MR) is 121 cm³/mol. The lowest BCUT2D eigenvalue weighted by Crippen LogP contribution is -2.66. The first-order valence-corrected chi connectivity index (χ1v) is 11.0. The van der Waals surface area contributed by atoms with E-state index in [0.29, 0.717) is 18.4 Å². The standard InChI is InChI=1S/C23H28N4O3S/c24-23(25,18-11-5-2-6-12-18)21(27-22(29)30-15-19-14-26-16-31-19)20(28)13-7-10-17-8-3-1-4-9-17/h1-6,8-9,11-12,14,16,20-21,28H,7,10,13,15,24-25H2,(H,27,29). The Bertz CT molecular complexity index is 921. The van der Waals surface area contributed by atoms with Crippen LogP contribution in [-0.2, 0) is 23.4 Å². The molecule has 2 atom stereocenters. The van der Waals surface area contributed by atoms with Crippen molar-refractivity contribution in [2.75, 3.05) is 0 Å². The Morgan fingerprint density at radius 3 is 2.45 bits per heavy atom. The van der Waals surface area contributed by atoms with Crippen LogP contribution in [-0.4, -0.2) is 28.3 Å². The molecule has 1 amide bonds. The largest absolute Gasteiger partial charge is 0.444 e. The van der Waals surface area contributed by atoms with Crippen LogP contribution in [0.15, 0.2) is 72.4 Å². The molecule has 2 aromatic carbocycles. The number of thiazole rings is 1. The van der Waals surface area contributed by atoms with Crippen molar-refractivity contribution < 1.29 is 14.6 Å². The number of nitrogens with two attached hydrogens (primary N) is 2. The first-order chi connectivity index (χ1) is 15.0. The first kappa shape index (κ1) is 22.9. The molecule has 8 heteroatoms. The zero-order chi connectivity index (χ0) is 22.1. The molecule has 6 N–H and O–H groups in total. The third-order valence-corrected chi connectivity index (χ3v) is 5.84. The number of rotatable bonds is 10. The number of nitrogens with zero attached hydrogens (tertiary/aromatic N) is 1. The third kappa shape index (κ3) is 6.60. The normalized spacial score (nSPS) is 13.4. The van der Waals surface area contributed by atoms with Gasteiger partial charge in [-0.05, 0) is 30.4 Å². The Morgan fingerprint density at radius 1 is 1.13 bits per heavy atom. The second-order valence-corrected chi connectivity index (χ2v) is 8.38. The molecule has 0 aliphatic rings. The summed E-state index contributed by atoms with van der Waals surface area (Å²) < 4.78 is 5.27. The second-order valence-electron chi connectivity index (χ2n) is 7.41. The quantitative estimate of drug-likeness (QED) is 0.360. The van der Waals surface area contributed by atoms with Gasteiger partial charge in [-0.15, -0.1) is 11.3 Å². The number of amides is 1. The Kier molecular flexibility index (Phi) is 8.13. The summed E-state index contributed by atoms with van der Waals surface area (Å²) in [5.41, 5.74) is 14.8. The molecule has 0 saturated carbocycles. The van der Waals surface area contributed by atoms with Gasteiger partial charge in [0.25, 0.3) is 0 Å². The lowest BCUT2D eigenvalue weighted by atomic mass is 9.87. The van der Waals surface area contributed by atoms with E-state index in [4.69, 9.17) is 16.2 Å². The number of aromatic nitrogens is 1. The number of hydrogen-bond acceptors (Lipinski definition) is 7. The molecule has 3 rings (SSSR count). The van der Waals surface area contributed by atoms with Crippen molar-refractivity contribution in [1.82, 2.24) is 10.3 Å². The minimum absolute atomic E-state index is 0.0841. The van der Waals surface area contributed by atoms with Gasteiger partial charge in [-0.1, -0.05) is 60.7 Å². The maximum Gasteiger partial charge on any atom is 0.407 e. The molecule has 164 valence electrons. The van der Waals surface area contributed by atoms with Gasteiger partial charge in [0.15, 0.2) is 0 Å². The lowest BCUT2D eigenvalue weighted by Gasteiger charge is -2.37. The Balaban J connectivity index is 1.67. The topological polar surface area (TPSA) is 123 Å². The number of benzene rings is 2. The van der Waals surface area contributed by atoms with E-state index in [9.17, 15) is 9.90 Å². The van der Waals surface area contributed by atoms with Gasteiger partial charge in [0.1, 0.15) is 12.3 Å². The van der Waals surface area contributed by atoms with Gasteiger partial charge in [0.05, 0.1) is 22.5 Å². The molecular weight excluding hydrogens is 412 g/mol. The van der Waals surface area contributed by atoms with Crippen molar-refractivity contribution in [1.29, 1.82) is 0 Å². The fourth-order valence-electron chi connectivity index (χ4n) is 3.39. The van der Waals surface area contributed by atoms with Crippen LogP contribution in [0.25, 0.3) is 0 Å². The van der Waals surface area contributed by atoms with Gasteiger partial charge in [0, 0.05) is 6.20 Å². The van der Waals surface area contributed by atoms with Crippen LogP contribution in [0.1, 0.15) is 28.8 Å². The highest BCUT2D eigenvalue weighted by Gasteiger charge is 2.39. The fraction of sp³-hybridized carbons (Fsp3) is 0.304. The van der Waals surface area contributed by atoms with E-state index in [1.54, 1.807) is 23.8 Å². The van der Waals surface area contributed by atoms with E-state index < -0.39 is 23.9 Å². The molecule has 0 radical (unpaired) electrons. The molecule has 0 spiro atoms. The van der Waals surface area contributed by atoms with Crippen LogP contribution in [0.2, 0.25) is 0 Å². The molecule has 3 aromatic rings. The maximum absolute atomic E-state index is 12.5. The molecule has 0 saturated heterocycles. The van der Waals surface area contributed by atoms with E-state index >= 15 is 0 Å².